The Morgan fingerprint density at radius 3 is 1.69 bits per heavy atom. The minimum absolute atomic E-state index is 0.0153. The largest absolute Gasteiger partial charge is 0.507 e. The first-order valence-electron chi connectivity index (χ1n) is 11.0. The van der Waals surface area contributed by atoms with Crippen LogP contribution in [0.4, 0.5) is 0 Å². The predicted octanol–water partition coefficient (Wildman–Crippen LogP) is 6.78. The molecule has 2 N–H and O–H groups in total. The fourth-order valence-electron chi connectivity index (χ4n) is 3.64. The van der Waals surface area contributed by atoms with E-state index in [0.717, 1.165) is 34.3 Å². The second-order valence-corrected chi connectivity index (χ2v) is 12.7. The van der Waals surface area contributed by atoms with Crippen molar-refractivity contribution in [3.63, 3.8) is 0 Å². The van der Waals surface area contributed by atoms with Gasteiger partial charge in [0.2, 0.25) is 0 Å². The molecule has 2 aromatic rings. The Kier molecular flexibility index (Phi) is 8.88. The summed E-state index contributed by atoms with van der Waals surface area (Å²) in [5.41, 5.74) is 3.99. The number of phenolic OH excluding ortho intramolecular Hbond substituents is 2. The van der Waals surface area contributed by atoms with Gasteiger partial charge < -0.3 is 20.0 Å². The molecule has 0 unspecified atom stereocenters. The van der Waals surface area contributed by atoms with Gasteiger partial charge in [-0.25, -0.2) is 0 Å². The number of phenols is 2. The number of hydrogen-bond donors (Lipinski definition) is 2. The van der Waals surface area contributed by atoms with Crippen molar-refractivity contribution in [3.05, 3.63) is 55.5 Å². The zero-order valence-electron chi connectivity index (χ0n) is 20.7. The van der Waals surface area contributed by atoms with Crippen molar-refractivity contribution in [1.82, 2.24) is 9.80 Å². The van der Waals surface area contributed by atoms with Gasteiger partial charge in [0.05, 0.1) is 4.47 Å². The molecule has 178 valence electrons. The summed E-state index contributed by atoms with van der Waals surface area (Å²) >= 11 is 6.89. The van der Waals surface area contributed by atoms with E-state index in [4.69, 9.17) is 0 Å². The van der Waals surface area contributed by atoms with Crippen LogP contribution >= 0.6 is 31.9 Å². The number of rotatable bonds is 7. The minimum atomic E-state index is -0.126. The number of nitrogens with zero attached hydrogens (tertiary/aromatic N) is 2. The second kappa shape index (κ2) is 10.5. The van der Waals surface area contributed by atoms with Gasteiger partial charge in [0.25, 0.3) is 0 Å². The lowest BCUT2D eigenvalue weighted by atomic mass is 9.79. The standard InChI is InChI=1S/C26H38Br2N2O2/c1-25(2,3)19-11-17(23(31)21(13-19)26(4,5)6)15-29(7)9-10-30(8)16-18-12-20(27)14-22(28)24(18)32/h11-14,31-32H,9-10,15-16H2,1-8H3. The molecule has 0 saturated carbocycles. The van der Waals surface area contributed by atoms with Crippen molar-refractivity contribution in [2.45, 2.75) is 65.5 Å². The lowest BCUT2D eigenvalue weighted by Crippen LogP contribution is -2.30. The Labute approximate surface area is 210 Å². The molecule has 0 heterocycles. The molecule has 32 heavy (non-hydrogen) atoms. The Balaban J connectivity index is 2.12. The third kappa shape index (κ3) is 7.21. The van der Waals surface area contributed by atoms with Gasteiger partial charge >= 0.3 is 0 Å². The molecule has 0 radical (unpaired) electrons. The van der Waals surface area contributed by atoms with Crippen LogP contribution in [0, 0.1) is 0 Å². The van der Waals surface area contributed by atoms with Crippen molar-refractivity contribution in [2.75, 3.05) is 27.2 Å². The average molecular weight is 570 g/mol. The smallest absolute Gasteiger partial charge is 0.134 e. The molecule has 0 aromatic heterocycles. The molecule has 2 rings (SSSR count). The van der Waals surface area contributed by atoms with E-state index in [0.29, 0.717) is 23.3 Å². The number of benzene rings is 2. The molecule has 4 nitrogen and oxygen atoms in total. The number of halogens is 2. The van der Waals surface area contributed by atoms with E-state index in [1.165, 1.54) is 5.56 Å². The van der Waals surface area contributed by atoms with Gasteiger partial charge in [0.15, 0.2) is 0 Å². The first-order valence-corrected chi connectivity index (χ1v) is 12.6. The van der Waals surface area contributed by atoms with Gasteiger partial charge in [-0.1, -0.05) is 69.6 Å². The summed E-state index contributed by atoms with van der Waals surface area (Å²) < 4.78 is 1.63. The molecule has 2 aromatic carbocycles. The summed E-state index contributed by atoms with van der Waals surface area (Å²) in [6.45, 7) is 16.1. The predicted molar refractivity (Wildman–Crippen MR) is 142 cm³/mol. The van der Waals surface area contributed by atoms with Crippen LogP contribution in [-0.4, -0.2) is 47.2 Å². The number of aromatic hydroxyl groups is 2. The quantitative estimate of drug-likeness (QED) is 0.386. The highest BCUT2D eigenvalue weighted by molar-refractivity contribution is 9.11. The first-order chi connectivity index (χ1) is 14.6. The Hall–Kier alpha value is -1.08. The summed E-state index contributed by atoms with van der Waals surface area (Å²) in [4.78, 5) is 4.43. The van der Waals surface area contributed by atoms with Crippen LogP contribution in [0.1, 0.15) is 63.8 Å². The highest BCUT2D eigenvalue weighted by Gasteiger charge is 2.25. The van der Waals surface area contributed by atoms with E-state index in [2.05, 4.69) is 109 Å². The molecule has 0 aliphatic heterocycles. The summed E-state index contributed by atoms with van der Waals surface area (Å²) in [5.74, 6) is 0.696. The maximum atomic E-state index is 11.0. The molecule has 0 amide bonds. The van der Waals surface area contributed by atoms with Crippen LogP contribution in [-0.2, 0) is 23.9 Å². The fraction of sp³-hybridized carbons (Fsp3) is 0.538. The second-order valence-electron chi connectivity index (χ2n) is 10.9. The van der Waals surface area contributed by atoms with Crippen molar-refractivity contribution in [2.24, 2.45) is 0 Å². The molecular weight excluding hydrogens is 532 g/mol. The third-order valence-corrected chi connectivity index (χ3v) is 6.78. The molecule has 0 aliphatic rings. The van der Waals surface area contributed by atoms with Crippen LogP contribution in [0.15, 0.2) is 33.2 Å². The lowest BCUT2D eigenvalue weighted by Gasteiger charge is -2.29. The van der Waals surface area contributed by atoms with Crippen molar-refractivity contribution < 1.29 is 10.2 Å². The first kappa shape index (κ1) is 27.2. The minimum Gasteiger partial charge on any atom is -0.507 e. The third-order valence-electron chi connectivity index (χ3n) is 5.71. The molecule has 6 heteroatoms. The summed E-state index contributed by atoms with van der Waals surface area (Å²) in [6.07, 6.45) is 0. The van der Waals surface area contributed by atoms with Crippen LogP contribution in [0.25, 0.3) is 0 Å². The Bertz CT molecular complexity index is 946. The van der Waals surface area contributed by atoms with Crippen molar-refractivity contribution in [1.29, 1.82) is 0 Å². The van der Waals surface area contributed by atoms with E-state index in [9.17, 15) is 10.2 Å². The van der Waals surface area contributed by atoms with E-state index < -0.39 is 0 Å². The van der Waals surface area contributed by atoms with Crippen LogP contribution in [0.2, 0.25) is 0 Å². The zero-order valence-corrected chi connectivity index (χ0v) is 23.9. The summed E-state index contributed by atoms with van der Waals surface area (Å²) in [7, 11) is 4.14. The van der Waals surface area contributed by atoms with Gasteiger partial charge in [-0.3, -0.25) is 0 Å². The van der Waals surface area contributed by atoms with Crippen LogP contribution in [0.5, 0.6) is 11.5 Å². The zero-order chi connectivity index (χ0) is 24.4. The number of hydrogen-bond acceptors (Lipinski definition) is 4. The molecule has 0 atom stereocenters. The van der Waals surface area contributed by atoms with Gasteiger partial charge in [-0.05, 0) is 64.1 Å². The van der Waals surface area contributed by atoms with Gasteiger partial charge in [-0.15, -0.1) is 0 Å². The molecule has 0 aliphatic carbocycles. The molecule has 0 spiro atoms. The molecule has 0 fully saturated rings. The summed E-state index contributed by atoms with van der Waals surface area (Å²) in [5, 5.41) is 21.4. The number of likely N-dealkylation sites (N-methyl/N-ethyl adjacent to an activating group) is 2. The highest BCUT2D eigenvalue weighted by atomic mass is 79.9. The Morgan fingerprint density at radius 2 is 1.22 bits per heavy atom. The highest BCUT2D eigenvalue weighted by Crippen LogP contribution is 2.38. The lowest BCUT2D eigenvalue weighted by molar-refractivity contribution is 0.243. The summed E-state index contributed by atoms with van der Waals surface area (Å²) in [6, 6.07) is 8.11. The average Bonchev–Trinajstić information content (AvgIpc) is 2.63. The maximum Gasteiger partial charge on any atom is 0.134 e. The SMILES string of the molecule is CN(CCN(C)Cc1cc(C(C)(C)C)cc(C(C)(C)C)c1O)Cc1cc(Br)cc(Br)c1O. The Morgan fingerprint density at radius 1 is 0.719 bits per heavy atom. The van der Waals surface area contributed by atoms with E-state index in [-0.39, 0.29) is 16.6 Å². The van der Waals surface area contributed by atoms with Crippen LogP contribution < -0.4 is 0 Å². The van der Waals surface area contributed by atoms with E-state index >= 15 is 0 Å². The van der Waals surface area contributed by atoms with Crippen molar-refractivity contribution in [3.8, 4) is 11.5 Å². The topological polar surface area (TPSA) is 46.9 Å². The molecule has 0 bridgehead atoms. The van der Waals surface area contributed by atoms with Gasteiger partial charge in [0.1, 0.15) is 11.5 Å². The maximum absolute atomic E-state index is 11.0. The van der Waals surface area contributed by atoms with Crippen molar-refractivity contribution >= 4 is 31.9 Å². The van der Waals surface area contributed by atoms with E-state index in [1.54, 1.807) is 0 Å². The normalized spacial score (nSPS) is 12.8. The monoisotopic (exact) mass is 568 g/mol. The van der Waals surface area contributed by atoms with E-state index in [1.807, 2.05) is 12.1 Å². The van der Waals surface area contributed by atoms with Crippen LogP contribution in [0.3, 0.4) is 0 Å². The molecule has 0 saturated heterocycles. The van der Waals surface area contributed by atoms with Gasteiger partial charge in [-0.2, -0.15) is 0 Å². The van der Waals surface area contributed by atoms with Gasteiger partial charge in [0, 0.05) is 41.8 Å². The molecular formula is C26H38Br2N2O2. The fourth-order valence-corrected chi connectivity index (χ4v) is 4.95.